The molecule has 2 N–H and O–H groups in total. The maximum atomic E-state index is 11.9. The Morgan fingerprint density at radius 1 is 1.19 bits per heavy atom. The van der Waals surface area contributed by atoms with Gasteiger partial charge in [-0.05, 0) is 38.1 Å². The van der Waals surface area contributed by atoms with E-state index in [-0.39, 0.29) is 24.4 Å². The first-order valence-corrected chi connectivity index (χ1v) is 7.59. The second kappa shape index (κ2) is 8.70. The van der Waals surface area contributed by atoms with Gasteiger partial charge in [0, 0.05) is 27.9 Å². The molecule has 5 heteroatoms. The van der Waals surface area contributed by atoms with Crippen molar-refractivity contribution in [1.82, 2.24) is 5.32 Å². The maximum absolute atomic E-state index is 11.9. The Balaban J connectivity index is 0.00000220. The molecular weight excluding hydrogens is 304 g/mol. The highest BCUT2D eigenvalue weighted by Crippen LogP contribution is 2.16. The zero-order valence-electron chi connectivity index (χ0n) is 12.3. The molecular formula is C16H21ClN2OS. The number of hydrogen-bond donors (Lipinski definition) is 2. The molecule has 1 atom stereocenters. The van der Waals surface area contributed by atoms with E-state index in [0.29, 0.717) is 6.54 Å². The monoisotopic (exact) mass is 324 g/mol. The van der Waals surface area contributed by atoms with Gasteiger partial charge in [0.05, 0.1) is 6.54 Å². The van der Waals surface area contributed by atoms with E-state index in [2.05, 4.69) is 29.7 Å². The van der Waals surface area contributed by atoms with Crippen LogP contribution in [0.5, 0.6) is 0 Å². The van der Waals surface area contributed by atoms with Crippen molar-refractivity contribution in [3.8, 4) is 0 Å². The Hall–Kier alpha value is -1.52. The second-order valence-electron chi connectivity index (χ2n) is 4.90. The average molecular weight is 325 g/mol. The first-order valence-electron chi connectivity index (χ1n) is 6.77. The number of rotatable bonds is 6. The summed E-state index contributed by atoms with van der Waals surface area (Å²) in [5, 5.41) is 6.12. The van der Waals surface area contributed by atoms with Gasteiger partial charge >= 0.3 is 0 Å². The van der Waals surface area contributed by atoms with Crippen molar-refractivity contribution in [3.63, 3.8) is 0 Å². The lowest BCUT2D eigenvalue weighted by Gasteiger charge is -2.13. The summed E-state index contributed by atoms with van der Waals surface area (Å²) >= 11 is 1.79. The minimum atomic E-state index is 0. The van der Waals surface area contributed by atoms with E-state index in [1.54, 1.807) is 11.3 Å². The number of halogens is 1. The summed E-state index contributed by atoms with van der Waals surface area (Å²) in [5.74, 6) is 0.0228. The molecule has 0 bridgehead atoms. The van der Waals surface area contributed by atoms with Crippen molar-refractivity contribution < 1.29 is 4.79 Å². The quantitative estimate of drug-likeness (QED) is 0.851. The number of carbonyl (C=O) groups is 1. The van der Waals surface area contributed by atoms with E-state index in [1.807, 2.05) is 37.3 Å². The number of aryl methyl sites for hydroxylation is 1. The zero-order valence-corrected chi connectivity index (χ0v) is 13.9. The van der Waals surface area contributed by atoms with Crippen molar-refractivity contribution in [2.24, 2.45) is 0 Å². The lowest BCUT2D eigenvalue weighted by molar-refractivity contribution is -0.119. The van der Waals surface area contributed by atoms with Gasteiger partial charge in [-0.2, -0.15) is 0 Å². The standard InChI is InChI=1S/C16H20N2OS.ClH/c1-12(10-15-9-8-13(2)20-15)18-16(19)11-17-14-6-4-3-5-7-14;/h3-9,12,17H,10-11H2,1-2H3,(H,18,19);1H. The van der Waals surface area contributed by atoms with Crippen molar-refractivity contribution in [2.45, 2.75) is 26.3 Å². The summed E-state index contributed by atoms with van der Waals surface area (Å²) < 4.78 is 0. The normalized spacial score (nSPS) is 11.3. The van der Waals surface area contributed by atoms with Crippen LogP contribution >= 0.6 is 23.7 Å². The fourth-order valence-corrected chi connectivity index (χ4v) is 3.03. The van der Waals surface area contributed by atoms with Crippen molar-refractivity contribution in [1.29, 1.82) is 0 Å². The number of hydrogen-bond acceptors (Lipinski definition) is 3. The van der Waals surface area contributed by atoms with Gasteiger partial charge in [0.15, 0.2) is 0 Å². The van der Waals surface area contributed by atoms with Crippen molar-refractivity contribution >= 4 is 35.3 Å². The highest BCUT2D eigenvalue weighted by molar-refractivity contribution is 7.11. The second-order valence-corrected chi connectivity index (χ2v) is 6.28. The van der Waals surface area contributed by atoms with Gasteiger partial charge in [0.25, 0.3) is 0 Å². The van der Waals surface area contributed by atoms with E-state index in [9.17, 15) is 4.79 Å². The third-order valence-electron chi connectivity index (χ3n) is 2.94. The molecule has 0 saturated carbocycles. The molecule has 0 aliphatic heterocycles. The Bertz CT molecular complexity index is 556. The van der Waals surface area contributed by atoms with Crippen LogP contribution in [0.2, 0.25) is 0 Å². The molecule has 0 fully saturated rings. The van der Waals surface area contributed by atoms with Crippen LogP contribution in [-0.4, -0.2) is 18.5 Å². The summed E-state index contributed by atoms with van der Waals surface area (Å²) in [6, 6.07) is 14.1. The molecule has 0 aliphatic rings. The highest BCUT2D eigenvalue weighted by Gasteiger charge is 2.09. The number of thiophene rings is 1. The predicted octanol–water partition coefficient (Wildman–Crippen LogP) is 3.64. The number of amides is 1. The topological polar surface area (TPSA) is 41.1 Å². The van der Waals surface area contributed by atoms with Crippen LogP contribution in [0.3, 0.4) is 0 Å². The summed E-state index contributed by atoms with van der Waals surface area (Å²) in [6.07, 6.45) is 0.885. The molecule has 1 aromatic carbocycles. The van der Waals surface area contributed by atoms with Gasteiger partial charge < -0.3 is 10.6 Å². The SMILES string of the molecule is Cc1ccc(CC(C)NC(=O)CNc2ccccc2)s1.Cl. The molecule has 21 heavy (non-hydrogen) atoms. The third kappa shape index (κ3) is 6.19. The summed E-state index contributed by atoms with van der Waals surface area (Å²) in [5.41, 5.74) is 0.962. The first-order chi connectivity index (χ1) is 9.63. The van der Waals surface area contributed by atoms with Crippen molar-refractivity contribution in [3.05, 3.63) is 52.2 Å². The van der Waals surface area contributed by atoms with Gasteiger partial charge in [0.1, 0.15) is 0 Å². The largest absolute Gasteiger partial charge is 0.376 e. The van der Waals surface area contributed by atoms with Crippen LogP contribution in [0.4, 0.5) is 5.69 Å². The molecule has 114 valence electrons. The molecule has 0 saturated heterocycles. The molecule has 1 amide bonds. The minimum absolute atomic E-state index is 0. The van der Waals surface area contributed by atoms with Crippen LogP contribution in [0, 0.1) is 6.92 Å². The van der Waals surface area contributed by atoms with Crippen LogP contribution in [0.1, 0.15) is 16.7 Å². The Kier molecular flexibility index (Phi) is 7.26. The molecule has 1 unspecified atom stereocenters. The summed E-state index contributed by atoms with van der Waals surface area (Å²) in [7, 11) is 0. The Morgan fingerprint density at radius 2 is 1.90 bits per heavy atom. The van der Waals surface area contributed by atoms with Crippen LogP contribution < -0.4 is 10.6 Å². The Morgan fingerprint density at radius 3 is 2.52 bits per heavy atom. The molecule has 0 spiro atoms. The molecule has 1 aromatic heterocycles. The Labute approximate surface area is 136 Å². The maximum Gasteiger partial charge on any atom is 0.239 e. The van der Waals surface area contributed by atoms with E-state index >= 15 is 0 Å². The summed E-state index contributed by atoms with van der Waals surface area (Å²) in [6.45, 7) is 4.44. The van der Waals surface area contributed by atoms with Gasteiger partial charge in [-0.15, -0.1) is 23.7 Å². The van der Waals surface area contributed by atoms with Gasteiger partial charge in [-0.3, -0.25) is 4.79 Å². The number of carbonyl (C=O) groups excluding carboxylic acids is 1. The number of para-hydroxylation sites is 1. The van der Waals surface area contributed by atoms with Crippen LogP contribution in [0.15, 0.2) is 42.5 Å². The molecule has 3 nitrogen and oxygen atoms in total. The number of nitrogens with one attached hydrogen (secondary N) is 2. The average Bonchev–Trinajstić information content (AvgIpc) is 2.83. The van der Waals surface area contributed by atoms with Crippen molar-refractivity contribution in [2.75, 3.05) is 11.9 Å². The fraction of sp³-hybridized carbons (Fsp3) is 0.312. The lowest BCUT2D eigenvalue weighted by atomic mass is 10.2. The predicted molar refractivity (Wildman–Crippen MR) is 92.5 cm³/mol. The number of anilines is 1. The highest BCUT2D eigenvalue weighted by atomic mass is 35.5. The van der Waals surface area contributed by atoms with E-state index in [0.717, 1.165) is 12.1 Å². The fourth-order valence-electron chi connectivity index (χ4n) is 2.01. The van der Waals surface area contributed by atoms with E-state index in [1.165, 1.54) is 9.75 Å². The van der Waals surface area contributed by atoms with Gasteiger partial charge in [-0.1, -0.05) is 18.2 Å². The van der Waals surface area contributed by atoms with E-state index < -0.39 is 0 Å². The van der Waals surface area contributed by atoms with Crippen LogP contribution in [0.25, 0.3) is 0 Å². The smallest absolute Gasteiger partial charge is 0.239 e. The molecule has 0 radical (unpaired) electrons. The summed E-state index contributed by atoms with van der Waals surface area (Å²) in [4.78, 5) is 14.5. The van der Waals surface area contributed by atoms with E-state index in [4.69, 9.17) is 0 Å². The first kappa shape index (κ1) is 17.5. The zero-order chi connectivity index (χ0) is 14.4. The van der Waals surface area contributed by atoms with Gasteiger partial charge in [-0.25, -0.2) is 0 Å². The van der Waals surface area contributed by atoms with Gasteiger partial charge in [0.2, 0.25) is 5.91 Å². The van der Waals surface area contributed by atoms with Crippen LogP contribution in [-0.2, 0) is 11.2 Å². The molecule has 0 aliphatic carbocycles. The molecule has 1 heterocycles. The minimum Gasteiger partial charge on any atom is -0.376 e. The lowest BCUT2D eigenvalue weighted by Crippen LogP contribution is -2.37. The molecule has 2 aromatic rings. The number of benzene rings is 1. The third-order valence-corrected chi connectivity index (χ3v) is 3.96. The molecule has 2 rings (SSSR count).